The summed E-state index contributed by atoms with van der Waals surface area (Å²) in [6, 6.07) is 8.63. The van der Waals surface area contributed by atoms with Crippen molar-refractivity contribution in [3.8, 4) is 0 Å². The quantitative estimate of drug-likeness (QED) is 0.856. The summed E-state index contributed by atoms with van der Waals surface area (Å²) in [6.45, 7) is 1.87. The molecule has 1 aromatic carbocycles. The van der Waals surface area contributed by atoms with Crippen LogP contribution in [0.3, 0.4) is 0 Å². The molecule has 2 aromatic rings. The smallest absolute Gasteiger partial charge is 0.274 e. The average Bonchev–Trinajstić information content (AvgIpc) is 2.43. The van der Waals surface area contributed by atoms with Gasteiger partial charge >= 0.3 is 0 Å². The fourth-order valence-corrected chi connectivity index (χ4v) is 2.03. The molecule has 2 rings (SSSR count). The van der Waals surface area contributed by atoms with Gasteiger partial charge < -0.3 is 11.1 Å². The first-order valence-corrected chi connectivity index (χ1v) is 6.60. The van der Waals surface area contributed by atoms with Gasteiger partial charge in [0.25, 0.3) is 5.91 Å². The van der Waals surface area contributed by atoms with E-state index in [4.69, 9.17) is 29.6 Å². The van der Waals surface area contributed by atoms with Crippen molar-refractivity contribution in [2.75, 3.05) is 5.32 Å². The zero-order valence-corrected chi connectivity index (χ0v) is 12.3. The van der Waals surface area contributed by atoms with E-state index in [0.29, 0.717) is 16.3 Å². The van der Waals surface area contributed by atoms with Crippen LogP contribution in [-0.4, -0.2) is 15.9 Å². The van der Waals surface area contributed by atoms with Crippen molar-refractivity contribution in [3.63, 3.8) is 0 Å². The number of amides is 1. The van der Waals surface area contributed by atoms with E-state index in [2.05, 4.69) is 10.3 Å². The number of rotatable bonds is 3. The summed E-state index contributed by atoms with van der Waals surface area (Å²) in [5, 5.41) is 3.23. The Labute approximate surface area is 127 Å². The van der Waals surface area contributed by atoms with Crippen LogP contribution in [0.1, 0.15) is 21.6 Å². The lowest BCUT2D eigenvalue weighted by Gasteiger charge is -2.10. The molecule has 1 aromatic heterocycles. The summed E-state index contributed by atoms with van der Waals surface area (Å²) < 4.78 is 0. The van der Waals surface area contributed by atoms with Crippen molar-refractivity contribution in [2.24, 2.45) is 5.73 Å². The first kappa shape index (κ1) is 14.4. The molecule has 0 saturated heterocycles. The first-order valence-electron chi connectivity index (χ1n) is 5.81. The van der Waals surface area contributed by atoms with E-state index in [0.717, 1.165) is 5.56 Å². The molecule has 0 atom stereocenters. The van der Waals surface area contributed by atoms with Crippen molar-refractivity contribution in [3.05, 3.63) is 58.4 Å². The van der Waals surface area contributed by atoms with Crippen LogP contribution in [0.5, 0.6) is 0 Å². The number of aromatic nitrogens is 1. The molecule has 0 unspecified atom stereocenters. The highest BCUT2D eigenvalue weighted by molar-refractivity contribution is 7.80. The molecule has 0 aliphatic carbocycles. The Morgan fingerprint density at radius 3 is 2.65 bits per heavy atom. The first-order chi connectivity index (χ1) is 9.49. The lowest BCUT2D eigenvalue weighted by atomic mass is 10.2. The lowest BCUT2D eigenvalue weighted by molar-refractivity contribution is 0.102. The molecular weight excluding hydrogens is 294 g/mol. The maximum absolute atomic E-state index is 12.1. The fraction of sp³-hybridized carbons (Fsp3) is 0.0714. The Morgan fingerprint density at radius 2 is 2.10 bits per heavy atom. The number of nitrogens with two attached hydrogens (primary N) is 1. The molecule has 1 heterocycles. The molecule has 0 radical (unpaired) electrons. The molecule has 1 amide bonds. The molecule has 6 heteroatoms. The molecule has 3 N–H and O–H groups in total. The highest BCUT2D eigenvalue weighted by atomic mass is 35.5. The number of anilines is 1. The number of benzene rings is 1. The van der Waals surface area contributed by atoms with E-state index >= 15 is 0 Å². The maximum atomic E-state index is 12.1. The van der Waals surface area contributed by atoms with E-state index in [1.807, 2.05) is 19.1 Å². The van der Waals surface area contributed by atoms with E-state index in [-0.39, 0.29) is 16.6 Å². The Bertz CT molecular complexity index is 650. The monoisotopic (exact) mass is 305 g/mol. The molecule has 0 aliphatic rings. The number of nitrogens with one attached hydrogen (secondary N) is 1. The van der Waals surface area contributed by atoms with E-state index in [1.165, 1.54) is 6.20 Å². The van der Waals surface area contributed by atoms with Crippen LogP contribution in [0, 0.1) is 6.92 Å². The highest BCUT2D eigenvalue weighted by Gasteiger charge is 2.11. The molecule has 0 fully saturated rings. The molecule has 20 heavy (non-hydrogen) atoms. The number of carbonyl (C=O) groups excluding carboxylic acids is 1. The molecular formula is C14H12ClN3OS. The topological polar surface area (TPSA) is 68.0 Å². The van der Waals surface area contributed by atoms with Crippen LogP contribution < -0.4 is 11.1 Å². The number of halogens is 1. The standard InChI is InChI=1S/C14H12ClN3OS/c1-8-3-2-4-10(15)12(8)18-14(19)11-6-5-9(7-17-11)13(16)20/h2-7H,1H3,(H2,16,20)(H,18,19). The van der Waals surface area contributed by atoms with Crippen LogP contribution in [0.15, 0.2) is 36.5 Å². The van der Waals surface area contributed by atoms with Crippen molar-refractivity contribution in [1.29, 1.82) is 0 Å². The number of hydrogen-bond donors (Lipinski definition) is 2. The number of pyridine rings is 1. The third-order valence-electron chi connectivity index (χ3n) is 2.74. The summed E-state index contributed by atoms with van der Waals surface area (Å²) in [6.07, 6.45) is 1.47. The van der Waals surface area contributed by atoms with Crippen molar-refractivity contribution < 1.29 is 4.79 Å². The van der Waals surface area contributed by atoms with Crippen LogP contribution >= 0.6 is 23.8 Å². The van der Waals surface area contributed by atoms with Gasteiger partial charge in [-0.15, -0.1) is 0 Å². The highest BCUT2D eigenvalue weighted by Crippen LogP contribution is 2.25. The second kappa shape index (κ2) is 5.98. The van der Waals surface area contributed by atoms with Crippen molar-refractivity contribution >= 4 is 40.4 Å². The minimum Gasteiger partial charge on any atom is -0.389 e. The van der Waals surface area contributed by atoms with Gasteiger partial charge in [-0.25, -0.2) is 0 Å². The SMILES string of the molecule is Cc1cccc(Cl)c1NC(=O)c1ccc(C(N)=S)cn1. The zero-order valence-electron chi connectivity index (χ0n) is 10.7. The van der Waals surface area contributed by atoms with Gasteiger partial charge in [0, 0.05) is 11.8 Å². The van der Waals surface area contributed by atoms with Gasteiger partial charge in [0.05, 0.1) is 10.7 Å². The van der Waals surface area contributed by atoms with Gasteiger partial charge in [-0.1, -0.05) is 36.0 Å². The average molecular weight is 306 g/mol. The Balaban J connectivity index is 2.22. The summed E-state index contributed by atoms with van der Waals surface area (Å²) >= 11 is 10.9. The Kier molecular flexibility index (Phi) is 4.32. The van der Waals surface area contributed by atoms with E-state index in [1.54, 1.807) is 18.2 Å². The fourth-order valence-electron chi connectivity index (χ4n) is 1.64. The van der Waals surface area contributed by atoms with Gasteiger partial charge in [-0.05, 0) is 30.7 Å². The summed E-state index contributed by atoms with van der Waals surface area (Å²) in [5.74, 6) is -0.337. The summed E-state index contributed by atoms with van der Waals surface area (Å²) in [5.41, 5.74) is 7.82. The number of nitrogens with zero attached hydrogens (tertiary/aromatic N) is 1. The van der Waals surface area contributed by atoms with Gasteiger partial charge in [0.2, 0.25) is 0 Å². The molecule has 102 valence electrons. The number of hydrogen-bond acceptors (Lipinski definition) is 3. The Morgan fingerprint density at radius 1 is 1.35 bits per heavy atom. The number of para-hydroxylation sites is 1. The summed E-state index contributed by atoms with van der Waals surface area (Å²) in [7, 11) is 0. The van der Waals surface area contributed by atoms with Crippen LogP contribution in [0.4, 0.5) is 5.69 Å². The van der Waals surface area contributed by atoms with Crippen LogP contribution in [-0.2, 0) is 0 Å². The third-order valence-corrected chi connectivity index (χ3v) is 3.29. The van der Waals surface area contributed by atoms with E-state index in [9.17, 15) is 4.79 Å². The van der Waals surface area contributed by atoms with Crippen LogP contribution in [0.25, 0.3) is 0 Å². The number of aryl methyl sites for hydroxylation is 1. The second-order valence-corrected chi connectivity index (χ2v) is 5.03. The minimum atomic E-state index is -0.337. The zero-order chi connectivity index (χ0) is 14.7. The van der Waals surface area contributed by atoms with E-state index < -0.39 is 0 Å². The molecule has 4 nitrogen and oxygen atoms in total. The Hall–Kier alpha value is -1.98. The minimum absolute atomic E-state index is 0.242. The largest absolute Gasteiger partial charge is 0.389 e. The molecule has 0 aliphatic heterocycles. The molecule has 0 saturated carbocycles. The lowest BCUT2D eigenvalue weighted by Crippen LogP contribution is -2.16. The normalized spacial score (nSPS) is 10.1. The van der Waals surface area contributed by atoms with Gasteiger partial charge in [-0.2, -0.15) is 0 Å². The predicted molar refractivity (Wildman–Crippen MR) is 84.3 cm³/mol. The van der Waals surface area contributed by atoms with Crippen molar-refractivity contribution in [2.45, 2.75) is 6.92 Å². The molecule has 0 bridgehead atoms. The molecule has 0 spiro atoms. The third kappa shape index (κ3) is 3.12. The van der Waals surface area contributed by atoms with Gasteiger partial charge in [0.1, 0.15) is 10.7 Å². The predicted octanol–water partition coefficient (Wildman–Crippen LogP) is 2.93. The number of thiocarbonyl (C=S) groups is 1. The van der Waals surface area contributed by atoms with Crippen LogP contribution in [0.2, 0.25) is 5.02 Å². The second-order valence-electron chi connectivity index (χ2n) is 4.18. The van der Waals surface area contributed by atoms with Crippen molar-refractivity contribution in [1.82, 2.24) is 4.98 Å². The van der Waals surface area contributed by atoms with Gasteiger partial charge in [-0.3, -0.25) is 9.78 Å². The summed E-state index contributed by atoms with van der Waals surface area (Å²) in [4.78, 5) is 16.4. The number of carbonyl (C=O) groups is 1. The maximum Gasteiger partial charge on any atom is 0.274 e. The van der Waals surface area contributed by atoms with Gasteiger partial charge in [0.15, 0.2) is 0 Å².